The summed E-state index contributed by atoms with van der Waals surface area (Å²) >= 11 is 0. The Morgan fingerprint density at radius 2 is 1.54 bits per heavy atom. The molecule has 2 rings (SSSR count). The largest absolute Gasteiger partial charge is 0.508 e. The molecule has 1 aliphatic rings. The van der Waals surface area contributed by atoms with E-state index in [1.54, 1.807) is 19.1 Å². The van der Waals surface area contributed by atoms with Gasteiger partial charge >= 0.3 is 5.97 Å². The zero-order valence-corrected chi connectivity index (χ0v) is 33.9. The van der Waals surface area contributed by atoms with Gasteiger partial charge in [-0.25, -0.2) is 4.79 Å². The van der Waals surface area contributed by atoms with Crippen LogP contribution < -0.4 is 44.2 Å². The second kappa shape index (κ2) is 24.7. The highest BCUT2D eigenvalue weighted by Crippen LogP contribution is 2.20. The van der Waals surface area contributed by atoms with Gasteiger partial charge in [0.15, 0.2) is 5.96 Å². The monoisotopic (exact) mass is 803 g/mol. The van der Waals surface area contributed by atoms with Gasteiger partial charge in [0.2, 0.25) is 29.5 Å². The fourth-order valence-electron chi connectivity index (χ4n) is 6.48. The highest BCUT2D eigenvalue weighted by molar-refractivity contribution is 5.98. The lowest BCUT2D eigenvalue weighted by Crippen LogP contribution is -2.59. The third-order valence-electron chi connectivity index (χ3n) is 10.0. The van der Waals surface area contributed by atoms with Crippen molar-refractivity contribution in [2.75, 3.05) is 19.6 Å². The summed E-state index contributed by atoms with van der Waals surface area (Å²) in [6.45, 7) is 8.30. The van der Waals surface area contributed by atoms with Gasteiger partial charge in [-0.1, -0.05) is 59.1 Å². The summed E-state index contributed by atoms with van der Waals surface area (Å²) in [4.78, 5) is 84.5. The summed E-state index contributed by atoms with van der Waals surface area (Å²) in [5.74, 6) is -4.48. The molecule has 0 unspecified atom stereocenters. The molecular weight excluding hydrogens is 736 g/mol. The smallest absolute Gasteiger partial charge is 0.326 e. The molecule has 0 spiro atoms. The van der Waals surface area contributed by atoms with E-state index < -0.39 is 77.7 Å². The van der Waals surface area contributed by atoms with Crippen LogP contribution in [0.2, 0.25) is 0 Å². The standard InChI is InChI=1S/C39H66N10O8/c1-5-24(4)32(36(54)46-30(38(56)57)21-23(2)3)47-34(52)29(22-25-14-16-26(50)17-15-25)45-35(53)31-13-10-20-49(31)37(55)28(42)12-9-19-44-39(43)48-33(51)27(41)11-7-6-8-18-40/h14-17,23-24,27-32,50H,5-13,18-22,40-42H2,1-4H3,(H,45,53)(H,46,54)(H,47,52)(H,56,57)(H3,43,44,48,51)/t24-,27-,28-,29-,30-,31-,32-/m0/s1. The number of amides is 5. The average Bonchev–Trinajstić information content (AvgIpc) is 3.66. The minimum Gasteiger partial charge on any atom is -0.508 e. The number of hydrogen-bond donors (Lipinski definition) is 10. The number of carbonyl (C=O) groups excluding carboxylic acids is 5. The summed E-state index contributed by atoms with van der Waals surface area (Å²) in [5.41, 5.74) is 24.2. The number of phenols is 1. The fraction of sp³-hybridized carbons (Fsp3) is 0.667. The number of nitrogens with one attached hydrogen (secondary N) is 4. The minimum atomic E-state index is -1.20. The molecule has 1 aromatic rings. The van der Waals surface area contributed by atoms with Crippen molar-refractivity contribution in [2.24, 2.45) is 39.8 Å². The van der Waals surface area contributed by atoms with Gasteiger partial charge in [-0.15, -0.1) is 0 Å². The SMILES string of the molecule is CC[C@H](C)[C@H](NC(=O)[C@H](Cc1ccc(O)cc1)NC(=O)[C@@H]1CCCN1C(=O)[C@@H](N)CCCN=C(N)NC(=O)[C@@H](N)CCCCCN)C(=O)N[C@@H](CC(C)C)C(=O)O. The van der Waals surface area contributed by atoms with Crippen LogP contribution in [0.1, 0.15) is 97.5 Å². The number of benzene rings is 1. The van der Waals surface area contributed by atoms with Crippen molar-refractivity contribution < 1.29 is 39.0 Å². The third kappa shape index (κ3) is 16.7. The van der Waals surface area contributed by atoms with E-state index in [0.717, 1.165) is 19.3 Å². The zero-order valence-electron chi connectivity index (χ0n) is 33.9. The Morgan fingerprint density at radius 3 is 2.16 bits per heavy atom. The zero-order chi connectivity index (χ0) is 42.7. The van der Waals surface area contributed by atoms with Crippen LogP contribution in [0.15, 0.2) is 29.3 Å². The molecule has 0 radical (unpaired) electrons. The van der Waals surface area contributed by atoms with E-state index in [-0.39, 0.29) is 50.0 Å². The molecule has 1 aromatic carbocycles. The van der Waals surface area contributed by atoms with Crippen molar-refractivity contribution in [3.05, 3.63) is 29.8 Å². The lowest BCUT2D eigenvalue weighted by atomic mass is 9.96. The van der Waals surface area contributed by atoms with E-state index in [1.165, 1.54) is 17.0 Å². The fourth-order valence-corrected chi connectivity index (χ4v) is 6.48. The lowest BCUT2D eigenvalue weighted by molar-refractivity contribution is -0.143. The summed E-state index contributed by atoms with van der Waals surface area (Å²) in [7, 11) is 0. The number of likely N-dealkylation sites (tertiary alicyclic amines) is 1. The topological polar surface area (TPSA) is 311 Å². The van der Waals surface area contributed by atoms with Crippen molar-refractivity contribution in [1.29, 1.82) is 0 Å². The molecule has 5 amide bonds. The van der Waals surface area contributed by atoms with Crippen LogP contribution in [-0.4, -0.2) is 112 Å². The van der Waals surface area contributed by atoms with Crippen LogP contribution in [0.25, 0.3) is 0 Å². The Hall–Kier alpha value is -4.81. The van der Waals surface area contributed by atoms with Gasteiger partial charge < -0.3 is 54.0 Å². The Morgan fingerprint density at radius 1 is 0.877 bits per heavy atom. The first-order valence-corrected chi connectivity index (χ1v) is 20.0. The van der Waals surface area contributed by atoms with Crippen LogP contribution in [0.5, 0.6) is 5.75 Å². The Kier molecular flexibility index (Phi) is 21.0. The van der Waals surface area contributed by atoms with Gasteiger partial charge in [-0.05, 0) is 81.0 Å². The molecule has 14 N–H and O–H groups in total. The maximum Gasteiger partial charge on any atom is 0.326 e. The first-order valence-electron chi connectivity index (χ1n) is 20.0. The molecule has 1 aliphatic heterocycles. The number of rotatable bonds is 24. The average molecular weight is 803 g/mol. The molecule has 18 heteroatoms. The maximum absolute atomic E-state index is 13.9. The molecule has 7 atom stereocenters. The van der Waals surface area contributed by atoms with E-state index in [2.05, 4.69) is 26.3 Å². The summed E-state index contributed by atoms with van der Waals surface area (Å²) in [5, 5.41) is 30.1. The second-order valence-electron chi connectivity index (χ2n) is 15.3. The minimum absolute atomic E-state index is 0.00945. The number of nitrogens with two attached hydrogens (primary N) is 4. The summed E-state index contributed by atoms with van der Waals surface area (Å²) in [6.07, 6.45) is 5.09. The number of hydrogen-bond acceptors (Lipinski definition) is 11. The predicted octanol–water partition coefficient (Wildman–Crippen LogP) is -0.0583. The molecule has 57 heavy (non-hydrogen) atoms. The molecular formula is C39H66N10O8. The molecule has 1 fully saturated rings. The molecule has 0 bridgehead atoms. The maximum atomic E-state index is 13.9. The Bertz CT molecular complexity index is 1510. The van der Waals surface area contributed by atoms with Gasteiger partial charge in [-0.3, -0.25) is 34.3 Å². The first kappa shape index (κ1) is 48.3. The molecule has 0 saturated carbocycles. The molecule has 1 saturated heterocycles. The number of carbonyl (C=O) groups is 6. The number of aliphatic carboxylic acids is 1. The van der Waals surface area contributed by atoms with Gasteiger partial charge in [0.25, 0.3) is 0 Å². The molecule has 0 aromatic heterocycles. The van der Waals surface area contributed by atoms with Gasteiger partial charge in [0.1, 0.15) is 29.9 Å². The second-order valence-corrected chi connectivity index (χ2v) is 15.3. The van der Waals surface area contributed by atoms with E-state index in [9.17, 15) is 39.0 Å². The van der Waals surface area contributed by atoms with Crippen LogP contribution in [0, 0.1) is 11.8 Å². The van der Waals surface area contributed by atoms with E-state index in [1.807, 2.05) is 20.8 Å². The molecule has 1 heterocycles. The normalized spacial score (nSPS) is 17.5. The Labute approximate surface area is 335 Å². The highest BCUT2D eigenvalue weighted by Gasteiger charge is 2.38. The highest BCUT2D eigenvalue weighted by atomic mass is 16.4. The number of guanidine groups is 1. The molecule has 18 nitrogen and oxygen atoms in total. The Balaban J connectivity index is 2.12. The number of carboxylic acid groups (broad SMARTS) is 1. The number of phenolic OH excluding ortho intramolecular Hbond substituents is 1. The third-order valence-corrected chi connectivity index (χ3v) is 10.0. The van der Waals surface area contributed by atoms with Gasteiger partial charge in [0.05, 0.1) is 12.1 Å². The number of aromatic hydroxyl groups is 1. The van der Waals surface area contributed by atoms with Crippen LogP contribution in [0.3, 0.4) is 0 Å². The number of aliphatic imine (C=N–C) groups is 1. The van der Waals surface area contributed by atoms with Crippen molar-refractivity contribution in [3.63, 3.8) is 0 Å². The quantitative estimate of drug-likeness (QED) is 0.0374. The lowest BCUT2D eigenvalue weighted by Gasteiger charge is -2.30. The van der Waals surface area contributed by atoms with Crippen molar-refractivity contribution in [3.8, 4) is 5.75 Å². The summed E-state index contributed by atoms with van der Waals surface area (Å²) in [6, 6.07) is 0.0189. The van der Waals surface area contributed by atoms with E-state index in [4.69, 9.17) is 22.9 Å². The van der Waals surface area contributed by atoms with Gasteiger partial charge in [0, 0.05) is 19.5 Å². The number of nitrogens with zero attached hydrogens (tertiary/aromatic N) is 2. The predicted molar refractivity (Wildman–Crippen MR) is 216 cm³/mol. The van der Waals surface area contributed by atoms with E-state index >= 15 is 0 Å². The van der Waals surface area contributed by atoms with Crippen molar-refractivity contribution in [1.82, 2.24) is 26.2 Å². The number of unbranched alkanes of at least 4 members (excludes halogenated alkanes) is 2. The molecule has 0 aliphatic carbocycles. The van der Waals surface area contributed by atoms with E-state index in [0.29, 0.717) is 44.2 Å². The summed E-state index contributed by atoms with van der Waals surface area (Å²) < 4.78 is 0. The van der Waals surface area contributed by atoms with Crippen LogP contribution >= 0.6 is 0 Å². The first-order chi connectivity index (χ1) is 27.0. The van der Waals surface area contributed by atoms with Crippen LogP contribution in [0.4, 0.5) is 0 Å². The van der Waals surface area contributed by atoms with Gasteiger partial charge in [-0.2, -0.15) is 0 Å². The van der Waals surface area contributed by atoms with Crippen molar-refractivity contribution in [2.45, 2.75) is 135 Å². The van der Waals surface area contributed by atoms with Crippen molar-refractivity contribution >= 4 is 41.5 Å². The molecule has 320 valence electrons. The number of carboxylic acids is 1. The van der Waals surface area contributed by atoms with Crippen LogP contribution in [-0.2, 0) is 35.2 Å².